The molecule has 0 N–H and O–H groups in total. The summed E-state index contributed by atoms with van der Waals surface area (Å²) < 4.78 is 30.1. The second-order valence-electron chi connectivity index (χ2n) is 9.80. The molecule has 0 aliphatic heterocycles. The number of anilines is 1. The first-order valence-corrected chi connectivity index (χ1v) is 14.0. The summed E-state index contributed by atoms with van der Waals surface area (Å²) in [5.41, 5.74) is 2.22. The number of benzene rings is 1. The van der Waals surface area contributed by atoms with Crippen molar-refractivity contribution in [1.29, 1.82) is 5.26 Å². The van der Waals surface area contributed by atoms with Gasteiger partial charge in [0.15, 0.2) is 5.65 Å². The molecule has 0 spiro atoms. The van der Waals surface area contributed by atoms with Gasteiger partial charge in [0.25, 0.3) is 10.0 Å². The third-order valence-corrected chi connectivity index (χ3v) is 8.99. The van der Waals surface area contributed by atoms with Crippen LogP contribution in [0.3, 0.4) is 0 Å². The maximum absolute atomic E-state index is 13.6. The van der Waals surface area contributed by atoms with Crippen molar-refractivity contribution >= 4 is 32.9 Å². The van der Waals surface area contributed by atoms with Gasteiger partial charge in [-0.15, -0.1) is 0 Å². The normalized spacial score (nSPS) is 15.0. The molecular weight excluding hydrogens is 502 g/mol. The van der Waals surface area contributed by atoms with Crippen molar-refractivity contribution in [3.05, 3.63) is 54.5 Å². The highest BCUT2D eigenvalue weighted by Gasteiger charge is 2.28. The predicted molar refractivity (Wildman–Crippen MR) is 143 cm³/mol. The molecule has 1 atom stereocenters. The maximum Gasteiger partial charge on any atom is 0.269 e. The van der Waals surface area contributed by atoms with Crippen LogP contribution < -0.4 is 4.90 Å². The molecule has 1 fully saturated rings. The third-order valence-electron chi connectivity index (χ3n) is 7.31. The standard InChI is InChI=1S/C27H29N7O3S/c1-18-8-10-22(11-9-18)38(36,37)34-15-13-23-25(30-27(31-26(23)34)32(3)19(2)35)21-16-29-33(17-21)24(12-14-28)20-6-4-5-7-20/h8-11,13,15-17,20,24H,4-7,12H2,1-3H3/t24-/m1/s1. The molecule has 10 nitrogen and oxygen atoms in total. The number of carbonyl (C=O) groups is 1. The van der Waals surface area contributed by atoms with Gasteiger partial charge in [-0.2, -0.15) is 15.3 Å². The molecule has 3 heterocycles. The Kier molecular flexibility index (Phi) is 6.75. The Bertz CT molecular complexity index is 1640. The van der Waals surface area contributed by atoms with Crippen LogP contribution in [0.2, 0.25) is 0 Å². The first-order chi connectivity index (χ1) is 18.2. The van der Waals surface area contributed by atoms with Crippen molar-refractivity contribution < 1.29 is 13.2 Å². The van der Waals surface area contributed by atoms with Crippen molar-refractivity contribution in [3.63, 3.8) is 0 Å². The van der Waals surface area contributed by atoms with E-state index in [4.69, 9.17) is 0 Å². The largest absolute Gasteiger partial charge is 0.284 e. The Balaban J connectivity index is 1.66. The van der Waals surface area contributed by atoms with E-state index in [9.17, 15) is 18.5 Å². The minimum absolute atomic E-state index is 0.0422. The summed E-state index contributed by atoms with van der Waals surface area (Å²) in [7, 11) is -2.42. The number of hydrogen-bond donors (Lipinski definition) is 0. The summed E-state index contributed by atoms with van der Waals surface area (Å²) in [4.78, 5) is 22.7. The number of fused-ring (bicyclic) bond motifs is 1. The van der Waals surface area contributed by atoms with Crippen molar-refractivity contribution in [1.82, 2.24) is 23.7 Å². The number of aromatic nitrogens is 5. The number of rotatable bonds is 7. The van der Waals surface area contributed by atoms with E-state index >= 15 is 0 Å². The number of carbonyl (C=O) groups excluding carboxylic acids is 1. The second kappa shape index (κ2) is 10.0. The van der Waals surface area contributed by atoms with Gasteiger partial charge >= 0.3 is 0 Å². The van der Waals surface area contributed by atoms with Crippen molar-refractivity contribution in [3.8, 4) is 17.3 Å². The van der Waals surface area contributed by atoms with Gasteiger partial charge in [0.2, 0.25) is 11.9 Å². The van der Waals surface area contributed by atoms with E-state index in [1.807, 2.05) is 17.8 Å². The van der Waals surface area contributed by atoms with Gasteiger partial charge < -0.3 is 0 Å². The molecule has 1 aromatic carbocycles. The molecule has 0 radical (unpaired) electrons. The van der Waals surface area contributed by atoms with Gasteiger partial charge in [-0.25, -0.2) is 17.4 Å². The van der Waals surface area contributed by atoms with E-state index in [2.05, 4.69) is 21.1 Å². The fourth-order valence-corrected chi connectivity index (χ4v) is 6.36. The molecule has 1 aliphatic rings. The molecule has 1 saturated carbocycles. The third kappa shape index (κ3) is 4.56. The topological polar surface area (TPSA) is 127 Å². The fraction of sp³-hybridized carbons (Fsp3) is 0.370. The minimum Gasteiger partial charge on any atom is -0.284 e. The van der Waals surface area contributed by atoms with Crippen LogP contribution in [0.1, 0.15) is 50.6 Å². The van der Waals surface area contributed by atoms with Gasteiger partial charge in [-0.1, -0.05) is 30.5 Å². The summed E-state index contributed by atoms with van der Waals surface area (Å²) >= 11 is 0. The second-order valence-corrected chi connectivity index (χ2v) is 11.6. The van der Waals surface area contributed by atoms with Crippen molar-refractivity contribution in [2.45, 2.75) is 56.9 Å². The molecule has 1 aliphatic carbocycles. The molecule has 0 unspecified atom stereocenters. The zero-order valence-corrected chi connectivity index (χ0v) is 22.4. The summed E-state index contributed by atoms with van der Waals surface area (Å²) in [5, 5.41) is 14.5. The van der Waals surface area contributed by atoms with E-state index in [1.54, 1.807) is 43.6 Å². The lowest BCUT2D eigenvalue weighted by atomic mass is 9.96. The number of aryl methyl sites for hydroxylation is 1. The molecule has 38 heavy (non-hydrogen) atoms. The molecular formula is C27H29N7O3S. The lowest BCUT2D eigenvalue weighted by Gasteiger charge is -2.21. The molecule has 11 heteroatoms. The van der Waals surface area contributed by atoms with Crippen molar-refractivity contribution in [2.75, 3.05) is 11.9 Å². The summed E-state index contributed by atoms with van der Waals surface area (Å²) in [5.74, 6) is 0.171. The molecule has 3 aromatic heterocycles. The molecule has 0 bridgehead atoms. The molecule has 4 aromatic rings. The number of nitriles is 1. The predicted octanol–water partition coefficient (Wildman–Crippen LogP) is 4.47. The Morgan fingerprint density at radius 3 is 2.55 bits per heavy atom. The maximum atomic E-state index is 13.6. The Morgan fingerprint density at radius 2 is 1.89 bits per heavy atom. The Hall–Kier alpha value is -4.04. The number of amides is 1. The quantitative estimate of drug-likeness (QED) is 0.344. The van der Waals surface area contributed by atoms with Crippen LogP contribution in [0.4, 0.5) is 5.95 Å². The Labute approximate surface area is 221 Å². The van der Waals surface area contributed by atoms with Crippen LogP contribution in [0.25, 0.3) is 22.3 Å². The number of nitrogens with zero attached hydrogens (tertiary/aromatic N) is 7. The van der Waals surface area contributed by atoms with Gasteiger partial charge in [0, 0.05) is 37.3 Å². The van der Waals surface area contributed by atoms with E-state index in [-0.39, 0.29) is 28.4 Å². The first kappa shape index (κ1) is 25.6. The fourth-order valence-electron chi connectivity index (χ4n) is 5.06. The molecule has 5 rings (SSSR count). The van der Waals surface area contributed by atoms with Crippen LogP contribution in [0.15, 0.2) is 53.8 Å². The summed E-state index contributed by atoms with van der Waals surface area (Å²) in [6.45, 7) is 3.28. The van der Waals surface area contributed by atoms with Gasteiger partial charge in [-0.05, 0) is 43.9 Å². The highest BCUT2D eigenvalue weighted by Crippen LogP contribution is 2.37. The van der Waals surface area contributed by atoms with Crippen LogP contribution in [-0.4, -0.2) is 45.1 Å². The van der Waals surface area contributed by atoms with Crippen LogP contribution in [0, 0.1) is 24.2 Å². The van der Waals surface area contributed by atoms with Crippen LogP contribution in [0.5, 0.6) is 0 Å². The van der Waals surface area contributed by atoms with Gasteiger partial charge in [-0.3, -0.25) is 14.4 Å². The Morgan fingerprint density at radius 1 is 1.18 bits per heavy atom. The average Bonchev–Trinajstić information content (AvgIpc) is 3.67. The zero-order chi connectivity index (χ0) is 27.0. The van der Waals surface area contributed by atoms with Gasteiger partial charge in [0.05, 0.1) is 35.3 Å². The monoisotopic (exact) mass is 531 g/mol. The van der Waals surface area contributed by atoms with E-state index in [0.717, 1.165) is 35.2 Å². The zero-order valence-electron chi connectivity index (χ0n) is 21.6. The van der Waals surface area contributed by atoms with E-state index < -0.39 is 10.0 Å². The average molecular weight is 532 g/mol. The SMILES string of the molecule is CC(=O)N(C)c1nc(-c2cnn([C@H](CC#N)C3CCCC3)c2)c2ccn(S(=O)(=O)c3ccc(C)cc3)c2n1. The lowest BCUT2D eigenvalue weighted by Crippen LogP contribution is -2.25. The molecule has 196 valence electrons. The van der Waals surface area contributed by atoms with E-state index in [1.165, 1.54) is 18.0 Å². The minimum atomic E-state index is -3.96. The van der Waals surface area contributed by atoms with Crippen molar-refractivity contribution in [2.24, 2.45) is 5.92 Å². The van der Waals surface area contributed by atoms with Gasteiger partial charge in [0.1, 0.15) is 0 Å². The number of hydrogen-bond acceptors (Lipinski definition) is 7. The highest BCUT2D eigenvalue weighted by atomic mass is 32.2. The summed E-state index contributed by atoms with van der Waals surface area (Å²) in [6.07, 6.45) is 9.76. The highest BCUT2D eigenvalue weighted by molar-refractivity contribution is 7.90. The van der Waals surface area contributed by atoms with E-state index in [0.29, 0.717) is 29.0 Å². The molecule has 1 amide bonds. The van der Waals surface area contributed by atoms with Crippen LogP contribution >= 0.6 is 0 Å². The first-order valence-electron chi connectivity index (χ1n) is 12.6. The summed E-state index contributed by atoms with van der Waals surface area (Å²) in [6, 6.07) is 10.5. The lowest BCUT2D eigenvalue weighted by molar-refractivity contribution is -0.116. The van der Waals surface area contributed by atoms with Crippen LogP contribution in [-0.2, 0) is 14.8 Å². The molecule has 0 saturated heterocycles. The smallest absolute Gasteiger partial charge is 0.269 e.